The van der Waals surface area contributed by atoms with Gasteiger partial charge in [0.25, 0.3) is 0 Å². The van der Waals surface area contributed by atoms with Crippen molar-refractivity contribution in [3.05, 3.63) is 0 Å². The predicted octanol–water partition coefficient (Wildman–Crippen LogP) is 2.25. The molecule has 6 heavy (non-hydrogen) atoms. The van der Waals surface area contributed by atoms with Crippen molar-refractivity contribution >= 4 is 27.4 Å². The molecule has 0 aliphatic heterocycles. The van der Waals surface area contributed by atoms with Gasteiger partial charge >= 0.3 is 0 Å². The Morgan fingerprint density at radius 1 is 1.17 bits per heavy atom. The first-order chi connectivity index (χ1) is 2.00. The van der Waals surface area contributed by atoms with Crippen LogP contribution in [-0.2, 0) is 17.1 Å². The molecular formula is C3H9CuISi. The number of rotatable bonds is 0. The quantitative estimate of drug-likeness (QED) is 0.357. The van der Waals surface area contributed by atoms with Gasteiger partial charge in [0.05, 0.1) is 0 Å². The van der Waals surface area contributed by atoms with E-state index in [-0.39, 0.29) is 17.1 Å². The van der Waals surface area contributed by atoms with Gasteiger partial charge < -0.3 is 0 Å². The molecule has 0 heterocycles. The Kier molecular flexibility index (Phi) is 6.04. The molecule has 0 amide bonds. The molecule has 43 valence electrons. The van der Waals surface area contributed by atoms with Crippen molar-refractivity contribution < 1.29 is 17.1 Å². The van der Waals surface area contributed by atoms with Crippen LogP contribution in [0.5, 0.6) is 0 Å². The average molecular weight is 264 g/mol. The molecule has 0 rings (SSSR count). The van der Waals surface area contributed by atoms with Gasteiger partial charge in [-0.3, -0.25) is 0 Å². The van der Waals surface area contributed by atoms with Gasteiger partial charge in [-0.2, -0.15) is 0 Å². The molecule has 0 spiro atoms. The summed E-state index contributed by atoms with van der Waals surface area (Å²) in [7, 11) is 0. The largest absolute Gasteiger partial charge is 0.120 e. The second-order valence-corrected chi connectivity index (χ2v) is 15.9. The van der Waals surface area contributed by atoms with E-state index in [4.69, 9.17) is 0 Å². The first-order valence-electron chi connectivity index (χ1n) is 1.69. The smallest absolute Gasteiger partial charge is 0.116 e. The molecule has 3 heteroatoms. The molecule has 1 radical (unpaired) electrons. The summed E-state index contributed by atoms with van der Waals surface area (Å²) in [6, 6.07) is 0. The summed E-state index contributed by atoms with van der Waals surface area (Å²) in [6.07, 6.45) is 0. The number of halogens is 1. The Hall–Kier alpha value is 1.47. The molecule has 0 aliphatic rings. The van der Waals surface area contributed by atoms with Crippen LogP contribution in [0.15, 0.2) is 0 Å². The predicted molar refractivity (Wildman–Crippen MR) is 37.4 cm³/mol. The van der Waals surface area contributed by atoms with E-state index >= 15 is 0 Å². The molecule has 0 bridgehead atoms. The maximum absolute atomic E-state index is 2.52. The maximum Gasteiger partial charge on any atom is 0.116 e. The summed E-state index contributed by atoms with van der Waals surface area (Å²) in [5, 5.41) is 0. The topological polar surface area (TPSA) is 0 Å². The van der Waals surface area contributed by atoms with Gasteiger partial charge in [-0.25, -0.2) is 0 Å². The second kappa shape index (κ2) is 3.47. The van der Waals surface area contributed by atoms with Crippen LogP contribution < -0.4 is 0 Å². The van der Waals surface area contributed by atoms with Gasteiger partial charge in [0.15, 0.2) is 0 Å². The van der Waals surface area contributed by atoms with Crippen molar-refractivity contribution in [1.29, 1.82) is 0 Å². The molecule has 0 aromatic heterocycles. The third-order valence-corrected chi connectivity index (χ3v) is 0. The van der Waals surface area contributed by atoms with Crippen LogP contribution in [0.25, 0.3) is 0 Å². The van der Waals surface area contributed by atoms with Crippen LogP contribution in [0, 0.1) is 0 Å². The van der Waals surface area contributed by atoms with Crippen molar-refractivity contribution in [2.75, 3.05) is 0 Å². The second-order valence-electron chi connectivity index (χ2n) is 2.07. The third kappa shape index (κ3) is 50.7. The summed E-state index contributed by atoms with van der Waals surface area (Å²) >= 11 is 2.52. The van der Waals surface area contributed by atoms with Crippen LogP contribution in [-0.4, -0.2) is 5.57 Å². The summed E-state index contributed by atoms with van der Waals surface area (Å²) < 4.78 is 0. The van der Waals surface area contributed by atoms with Gasteiger partial charge in [-0.05, 0) is 0 Å². The van der Waals surface area contributed by atoms with Crippen molar-refractivity contribution in [3.63, 3.8) is 0 Å². The monoisotopic (exact) mass is 263 g/mol. The van der Waals surface area contributed by atoms with E-state index in [0.29, 0.717) is 0 Å². The molecular weight excluding hydrogens is 255 g/mol. The van der Waals surface area contributed by atoms with E-state index in [9.17, 15) is 0 Å². The van der Waals surface area contributed by atoms with Crippen LogP contribution in [0.4, 0.5) is 0 Å². The fourth-order valence-corrected chi connectivity index (χ4v) is 0. The molecule has 0 nitrogen and oxygen atoms in total. The van der Waals surface area contributed by atoms with Crippen molar-refractivity contribution in [1.82, 2.24) is 0 Å². The Bertz CT molecular complexity index is 26.3. The summed E-state index contributed by atoms with van der Waals surface area (Å²) in [6.45, 7) is 6.94. The van der Waals surface area contributed by atoms with Gasteiger partial charge in [-0.1, -0.05) is 19.6 Å². The molecule has 0 aliphatic carbocycles. The Labute approximate surface area is 63.8 Å². The SMILES string of the molecule is C[Si](C)(C)I.[Cu]. The first-order valence-corrected chi connectivity index (χ1v) is 8.30. The van der Waals surface area contributed by atoms with Gasteiger partial charge in [0.2, 0.25) is 0 Å². The molecule has 0 fully saturated rings. The third-order valence-electron chi connectivity index (χ3n) is 0. The van der Waals surface area contributed by atoms with Crippen LogP contribution in [0.2, 0.25) is 19.6 Å². The maximum atomic E-state index is 2.52. The van der Waals surface area contributed by atoms with Crippen LogP contribution in [0.3, 0.4) is 0 Å². The molecule has 0 N–H and O–H groups in total. The van der Waals surface area contributed by atoms with Gasteiger partial charge in [0, 0.05) is 17.1 Å². The van der Waals surface area contributed by atoms with Gasteiger partial charge in [-0.15, -0.1) is 21.8 Å². The van der Waals surface area contributed by atoms with E-state index in [1.54, 1.807) is 0 Å². The normalized spacial score (nSPS) is 10.0. The Morgan fingerprint density at radius 3 is 1.17 bits per heavy atom. The average Bonchev–Trinajstić information content (AvgIpc) is 0.722. The Morgan fingerprint density at radius 2 is 1.17 bits per heavy atom. The van der Waals surface area contributed by atoms with E-state index in [0.717, 1.165) is 0 Å². The zero-order valence-electron chi connectivity index (χ0n) is 4.18. The van der Waals surface area contributed by atoms with E-state index in [1.807, 2.05) is 0 Å². The molecule has 0 unspecified atom stereocenters. The number of hydrogen-bond donors (Lipinski definition) is 0. The van der Waals surface area contributed by atoms with Crippen LogP contribution >= 0.6 is 21.8 Å². The zero-order valence-corrected chi connectivity index (χ0v) is 8.28. The minimum Gasteiger partial charge on any atom is -0.120 e. The minimum absolute atomic E-state index is 0. The molecule has 0 atom stereocenters. The minimum atomic E-state index is -0.641. The molecule has 0 saturated carbocycles. The van der Waals surface area contributed by atoms with Crippen molar-refractivity contribution in [2.24, 2.45) is 0 Å². The van der Waals surface area contributed by atoms with Crippen LogP contribution in [0.1, 0.15) is 0 Å². The summed E-state index contributed by atoms with van der Waals surface area (Å²) in [4.78, 5) is 0. The zero-order chi connectivity index (χ0) is 4.50. The van der Waals surface area contributed by atoms with E-state index in [1.165, 1.54) is 0 Å². The fraction of sp³-hybridized carbons (Fsp3) is 1.00. The van der Waals surface area contributed by atoms with Gasteiger partial charge in [0.1, 0.15) is 5.57 Å². The summed E-state index contributed by atoms with van der Waals surface area (Å²) in [5.41, 5.74) is -0.641. The van der Waals surface area contributed by atoms with E-state index < -0.39 is 5.57 Å². The number of hydrogen-bond acceptors (Lipinski definition) is 0. The molecule has 0 aromatic carbocycles. The molecule has 0 saturated heterocycles. The fourth-order valence-electron chi connectivity index (χ4n) is 0. The standard InChI is InChI=1S/C3H9ISi.Cu/c1-5(2,3)4;/h1-3H3;. The van der Waals surface area contributed by atoms with Crippen molar-refractivity contribution in [2.45, 2.75) is 19.6 Å². The first kappa shape index (κ1) is 10.4. The van der Waals surface area contributed by atoms with E-state index in [2.05, 4.69) is 41.4 Å². The Balaban J connectivity index is 0. The van der Waals surface area contributed by atoms with Crippen molar-refractivity contribution in [3.8, 4) is 0 Å². The molecule has 0 aromatic rings. The summed E-state index contributed by atoms with van der Waals surface area (Å²) in [5.74, 6) is 0.